The highest BCUT2D eigenvalue weighted by molar-refractivity contribution is 6.02. The van der Waals surface area contributed by atoms with Crippen LogP contribution in [0.25, 0.3) is 0 Å². The quantitative estimate of drug-likeness (QED) is 0.820. The second kappa shape index (κ2) is 7.14. The molecule has 0 aromatic heterocycles. The number of amides is 1. The minimum Gasteiger partial charge on any atom is -0.493 e. The Morgan fingerprint density at radius 3 is 2.63 bits per heavy atom. The molecule has 0 radical (unpaired) electrons. The van der Waals surface area contributed by atoms with Gasteiger partial charge in [0.15, 0.2) is 11.5 Å². The van der Waals surface area contributed by atoms with Gasteiger partial charge in [-0.3, -0.25) is 4.79 Å². The molecule has 4 rings (SSSR count). The van der Waals surface area contributed by atoms with Crippen molar-refractivity contribution in [2.75, 3.05) is 19.0 Å². The molecule has 1 N–H and O–H groups in total. The Kier molecular flexibility index (Phi) is 4.68. The standard InChI is InChI=1S/C22H26N2O3/c1-14(2)13-27-19-11-8-15(12-20(19)26-3)21-23-18-7-5-4-6-17(18)22(25)24(21)16-9-10-16/h4-8,11-12,14,16,21,23H,9-10,13H2,1-3H3/t21-/m0/s1. The van der Waals surface area contributed by atoms with Crippen LogP contribution in [0.3, 0.4) is 0 Å². The first-order valence-corrected chi connectivity index (χ1v) is 9.57. The van der Waals surface area contributed by atoms with Crippen LogP contribution < -0.4 is 14.8 Å². The van der Waals surface area contributed by atoms with Crippen LogP contribution >= 0.6 is 0 Å². The average molecular weight is 366 g/mol. The smallest absolute Gasteiger partial charge is 0.258 e. The number of ether oxygens (including phenoxy) is 2. The van der Waals surface area contributed by atoms with Crippen molar-refractivity contribution < 1.29 is 14.3 Å². The molecule has 1 aliphatic carbocycles. The third kappa shape index (κ3) is 3.46. The summed E-state index contributed by atoms with van der Waals surface area (Å²) in [5, 5.41) is 3.54. The molecule has 27 heavy (non-hydrogen) atoms. The maximum Gasteiger partial charge on any atom is 0.258 e. The SMILES string of the molecule is COc1cc([C@H]2Nc3ccccc3C(=O)N2C2CC2)ccc1OCC(C)C. The summed E-state index contributed by atoms with van der Waals surface area (Å²) in [6.07, 6.45) is 1.91. The summed E-state index contributed by atoms with van der Waals surface area (Å²) in [4.78, 5) is 15.1. The van der Waals surface area contributed by atoms with Gasteiger partial charge in [-0.25, -0.2) is 0 Å². The van der Waals surface area contributed by atoms with Gasteiger partial charge >= 0.3 is 0 Å². The second-order valence-corrected chi connectivity index (χ2v) is 7.65. The third-order valence-corrected chi connectivity index (χ3v) is 4.98. The van der Waals surface area contributed by atoms with Gasteiger partial charge in [-0.15, -0.1) is 0 Å². The minimum atomic E-state index is -0.201. The van der Waals surface area contributed by atoms with E-state index in [1.54, 1.807) is 7.11 Å². The molecular formula is C22H26N2O3. The van der Waals surface area contributed by atoms with Gasteiger partial charge < -0.3 is 19.7 Å². The van der Waals surface area contributed by atoms with Crippen LogP contribution in [-0.4, -0.2) is 30.6 Å². The van der Waals surface area contributed by atoms with Crippen LogP contribution in [0, 0.1) is 5.92 Å². The third-order valence-electron chi connectivity index (χ3n) is 4.98. The number of rotatable bonds is 6. The molecule has 1 atom stereocenters. The van der Waals surface area contributed by atoms with Crippen molar-refractivity contribution in [2.45, 2.75) is 38.9 Å². The van der Waals surface area contributed by atoms with E-state index < -0.39 is 0 Å². The molecule has 0 saturated heterocycles. The van der Waals surface area contributed by atoms with Gasteiger partial charge in [-0.05, 0) is 48.6 Å². The van der Waals surface area contributed by atoms with Gasteiger partial charge in [0.2, 0.25) is 0 Å². The lowest BCUT2D eigenvalue weighted by Gasteiger charge is -2.38. The van der Waals surface area contributed by atoms with Crippen LogP contribution in [0.1, 0.15) is 48.8 Å². The Hall–Kier alpha value is -2.69. The first-order chi connectivity index (χ1) is 13.1. The predicted molar refractivity (Wildman–Crippen MR) is 105 cm³/mol. The van der Waals surface area contributed by atoms with E-state index in [4.69, 9.17) is 9.47 Å². The Bertz CT molecular complexity index is 845. The molecule has 5 nitrogen and oxygen atoms in total. The number of hydrogen-bond donors (Lipinski definition) is 1. The number of anilines is 1. The van der Waals surface area contributed by atoms with E-state index in [-0.39, 0.29) is 12.1 Å². The Morgan fingerprint density at radius 2 is 1.93 bits per heavy atom. The van der Waals surface area contributed by atoms with Gasteiger partial charge in [-0.1, -0.05) is 32.0 Å². The summed E-state index contributed by atoms with van der Waals surface area (Å²) >= 11 is 0. The summed E-state index contributed by atoms with van der Waals surface area (Å²) in [6.45, 7) is 4.87. The van der Waals surface area contributed by atoms with Crippen molar-refractivity contribution in [1.29, 1.82) is 0 Å². The summed E-state index contributed by atoms with van der Waals surface area (Å²) in [6, 6.07) is 13.9. The Labute approximate surface area is 160 Å². The molecule has 1 saturated carbocycles. The van der Waals surface area contributed by atoms with Crippen molar-refractivity contribution in [3.8, 4) is 11.5 Å². The molecule has 1 aliphatic heterocycles. The molecule has 1 fully saturated rings. The zero-order chi connectivity index (χ0) is 19.0. The molecule has 142 valence electrons. The predicted octanol–water partition coefficient (Wildman–Crippen LogP) is 4.46. The molecule has 2 aromatic carbocycles. The van der Waals surface area contributed by atoms with Gasteiger partial charge in [0.25, 0.3) is 5.91 Å². The molecule has 0 unspecified atom stereocenters. The lowest BCUT2D eigenvalue weighted by molar-refractivity contribution is 0.0666. The highest BCUT2D eigenvalue weighted by atomic mass is 16.5. The van der Waals surface area contributed by atoms with Gasteiger partial charge in [0, 0.05) is 11.7 Å². The zero-order valence-electron chi connectivity index (χ0n) is 16.1. The zero-order valence-corrected chi connectivity index (χ0v) is 16.1. The summed E-state index contributed by atoms with van der Waals surface area (Å²) in [5.74, 6) is 1.96. The van der Waals surface area contributed by atoms with Crippen LogP contribution in [0.5, 0.6) is 11.5 Å². The maximum absolute atomic E-state index is 13.1. The minimum absolute atomic E-state index is 0.0935. The number of benzene rings is 2. The van der Waals surface area contributed by atoms with Crippen LogP contribution in [-0.2, 0) is 0 Å². The summed E-state index contributed by atoms with van der Waals surface area (Å²) in [7, 11) is 1.65. The monoisotopic (exact) mass is 366 g/mol. The average Bonchev–Trinajstić information content (AvgIpc) is 3.51. The number of nitrogens with zero attached hydrogens (tertiary/aromatic N) is 1. The van der Waals surface area contributed by atoms with E-state index in [1.807, 2.05) is 47.4 Å². The lowest BCUT2D eigenvalue weighted by Crippen LogP contribution is -2.44. The second-order valence-electron chi connectivity index (χ2n) is 7.65. The van der Waals surface area contributed by atoms with Crippen molar-refractivity contribution in [1.82, 2.24) is 4.90 Å². The number of fused-ring (bicyclic) bond motifs is 1. The highest BCUT2D eigenvalue weighted by Gasteiger charge is 2.42. The highest BCUT2D eigenvalue weighted by Crippen LogP contribution is 2.42. The molecule has 2 aliphatic rings. The number of methoxy groups -OCH3 is 1. The van der Waals surface area contributed by atoms with Crippen molar-refractivity contribution in [3.63, 3.8) is 0 Å². The molecule has 2 aromatic rings. The van der Waals surface area contributed by atoms with E-state index >= 15 is 0 Å². The number of hydrogen-bond acceptors (Lipinski definition) is 4. The molecule has 5 heteroatoms. The fourth-order valence-corrected chi connectivity index (χ4v) is 3.47. The summed E-state index contributed by atoms with van der Waals surface area (Å²) < 4.78 is 11.4. The normalized spacial score (nSPS) is 18.9. The van der Waals surface area contributed by atoms with E-state index in [0.717, 1.165) is 35.4 Å². The van der Waals surface area contributed by atoms with E-state index in [2.05, 4.69) is 19.2 Å². The van der Waals surface area contributed by atoms with Crippen LogP contribution in [0.2, 0.25) is 0 Å². The summed E-state index contributed by atoms with van der Waals surface area (Å²) in [5.41, 5.74) is 2.62. The molecule has 1 heterocycles. The first kappa shape index (κ1) is 17.7. The van der Waals surface area contributed by atoms with Gasteiger partial charge in [-0.2, -0.15) is 0 Å². The Balaban J connectivity index is 1.68. The van der Waals surface area contributed by atoms with E-state index in [9.17, 15) is 4.79 Å². The van der Waals surface area contributed by atoms with Gasteiger partial charge in [0.1, 0.15) is 6.17 Å². The first-order valence-electron chi connectivity index (χ1n) is 9.57. The van der Waals surface area contributed by atoms with Crippen LogP contribution in [0.4, 0.5) is 5.69 Å². The molecule has 0 spiro atoms. The van der Waals surface area contributed by atoms with Crippen molar-refractivity contribution >= 4 is 11.6 Å². The number of carbonyl (C=O) groups excluding carboxylic acids is 1. The van der Waals surface area contributed by atoms with Gasteiger partial charge in [0.05, 0.1) is 19.3 Å². The fourth-order valence-electron chi connectivity index (χ4n) is 3.47. The Morgan fingerprint density at radius 1 is 1.15 bits per heavy atom. The molecule has 0 bridgehead atoms. The largest absolute Gasteiger partial charge is 0.493 e. The van der Waals surface area contributed by atoms with Crippen molar-refractivity contribution in [2.24, 2.45) is 5.92 Å². The molecular weight excluding hydrogens is 340 g/mol. The van der Waals surface area contributed by atoms with E-state index in [0.29, 0.717) is 24.3 Å². The number of nitrogens with one attached hydrogen (secondary N) is 1. The topological polar surface area (TPSA) is 50.8 Å². The van der Waals surface area contributed by atoms with E-state index in [1.165, 1.54) is 0 Å². The number of carbonyl (C=O) groups is 1. The molecule has 1 amide bonds. The lowest BCUT2D eigenvalue weighted by atomic mass is 10.0. The van der Waals surface area contributed by atoms with Crippen LogP contribution in [0.15, 0.2) is 42.5 Å². The van der Waals surface area contributed by atoms with Crippen molar-refractivity contribution in [3.05, 3.63) is 53.6 Å². The number of para-hydroxylation sites is 1. The fraction of sp³-hybridized carbons (Fsp3) is 0.409. The maximum atomic E-state index is 13.1.